The molecule has 4 saturated carbocycles. The highest BCUT2D eigenvalue weighted by molar-refractivity contribution is 5.84. The average molecular weight is 331 g/mol. The largest absolute Gasteiger partial charge is 0.452 e. The van der Waals surface area contributed by atoms with Gasteiger partial charge in [-0.2, -0.15) is 0 Å². The summed E-state index contributed by atoms with van der Waals surface area (Å²) >= 11 is 0. The van der Waals surface area contributed by atoms with E-state index in [4.69, 9.17) is 4.74 Å². The van der Waals surface area contributed by atoms with Gasteiger partial charge in [-0.1, -0.05) is 12.2 Å². The van der Waals surface area contributed by atoms with Crippen molar-refractivity contribution in [2.75, 3.05) is 0 Å². The highest BCUT2D eigenvalue weighted by Gasteiger charge is 2.51. The highest BCUT2D eigenvalue weighted by Crippen LogP contribution is 2.55. The summed E-state index contributed by atoms with van der Waals surface area (Å²) in [6.07, 6.45) is 13.4. The predicted molar refractivity (Wildman–Crippen MR) is 91.1 cm³/mol. The second-order valence-electron chi connectivity index (χ2n) is 8.75. The van der Waals surface area contributed by atoms with Crippen LogP contribution in [0, 0.1) is 23.7 Å². The molecule has 0 aromatic carbocycles. The molecule has 5 aliphatic rings. The summed E-state index contributed by atoms with van der Waals surface area (Å²) in [5.74, 6) is 1.99. The summed E-state index contributed by atoms with van der Waals surface area (Å²) in [7, 11) is 0. The third-order valence-corrected chi connectivity index (χ3v) is 6.69. The average Bonchev–Trinajstić information content (AvgIpc) is 2.53. The van der Waals surface area contributed by atoms with Gasteiger partial charge in [0.1, 0.15) is 0 Å². The van der Waals surface area contributed by atoms with Gasteiger partial charge >= 0.3 is 5.97 Å². The van der Waals surface area contributed by atoms with Gasteiger partial charge in [0.25, 0.3) is 5.91 Å². The van der Waals surface area contributed by atoms with Crippen molar-refractivity contribution in [1.29, 1.82) is 0 Å². The van der Waals surface area contributed by atoms with Gasteiger partial charge in [0.2, 0.25) is 0 Å². The molecule has 5 rings (SSSR count). The van der Waals surface area contributed by atoms with Crippen LogP contribution in [0.15, 0.2) is 12.2 Å². The second kappa shape index (κ2) is 6.20. The monoisotopic (exact) mass is 331 g/mol. The van der Waals surface area contributed by atoms with Crippen molar-refractivity contribution in [1.82, 2.24) is 5.32 Å². The van der Waals surface area contributed by atoms with Crippen molar-refractivity contribution in [3.8, 4) is 0 Å². The Morgan fingerprint density at radius 3 is 2.25 bits per heavy atom. The van der Waals surface area contributed by atoms with E-state index in [1.807, 2.05) is 6.08 Å². The number of hydrogen-bond donors (Lipinski definition) is 1. The molecule has 0 spiro atoms. The summed E-state index contributed by atoms with van der Waals surface area (Å²) in [5, 5.41) is 3.30. The Labute approximate surface area is 144 Å². The summed E-state index contributed by atoms with van der Waals surface area (Å²) < 4.78 is 5.48. The summed E-state index contributed by atoms with van der Waals surface area (Å²) in [6.45, 7) is 1.71. The van der Waals surface area contributed by atoms with E-state index in [-0.39, 0.29) is 23.3 Å². The van der Waals surface area contributed by atoms with Crippen LogP contribution in [-0.2, 0) is 14.3 Å². The molecule has 4 nitrogen and oxygen atoms in total. The SMILES string of the molecule is C[C@@H](OC(=O)[C@@H]1CC=CCC1)C(=O)NC12CC3CC(CC(C3)C1)C2. The molecule has 0 aliphatic heterocycles. The topological polar surface area (TPSA) is 55.4 Å². The Hall–Kier alpha value is -1.32. The lowest BCUT2D eigenvalue weighted by Gasteiger charge is -2.57. The molecule has 0 aromatic heterocycles. The Kier molecular flexibility index (Phi) is 4.17. The second-order valence-corrected chi connectivity index (χ2v) is 8.75. The van der Waals surface area contributed by atoms with E-state index < -0.39 is 6.10 Å². The summed E-state index contributed by atoms with van der Waals surface area (Å²) in [6, 6.07) is 0. The molecule has 1 N–H and O–H groups in total. The van der Waals surface area contributed by atoms with E-state index >= 15 is 0 Å². The molecule has 4 fully saturated rings. The molecule has 5 aliphatic carbocycles. The first-order chi connectivity index (χ1) is 11.5. The van der Waals surface area contributed by atoms with Gasteiger partial charge in [-0.25, -0.2) is 0 Å². The molecule has 0 aromatic rings. The Bertz CT molecular complexity index is 518. The molecule has 0 saturated heterocycles. The minimum atomic E-state index is -0.684. The van der Waals surface area contributed by atoms with Crippen molar-refractivity contribution in [3.63, 3.8) is 0 Å². The number of allylic oxidation sites excluding steroid dienone is 2. The smallest absolute Gasteiger partial charge is 0.310 e. The molecule has 132 valence electrons. The zero-order chi connectivity index (χ0) is 16.7. The molecule has 2 atom stereocenters. The first kappa shape index (κ1) is 16.2. The Morgan fingerprint density at radius 2 is 1.71 bits per heavy atom. The minimum Gasteiger partial charge on any atom is -0.452 e. The van der Waals surface area contributed by atoms with Crippen molar-refractivity contribution in [2.24, 2.45) is 23.7 Å². The van der Waals surface area contributed by atoms with Crippen LogP contribution >= 0.6 is 0 Å². The summed E-state index contributed by atoms with van der Waals surface area (Å²) in [4.78, 5) is 24.9. The van der Waals surface area contributed by atoms with Crippen molar-refractivity contribution < 1.29 is 14.3 Å². The first-order valence-corrected chi connectivity index (χ1v) is 9.70. The molecule has 24 heavy (non-hydrogen) atoms. The first-order valence-electron chi connectivity index (χ1n) is 9.70. The van der Waals surface area contributed by atoms with Crippen LogP contribution in [0.25, 0.3) is 0 Å². The Balaban J connectivity index is 1.34. The van der Waals surface area contributed by atoms with Gasteiger partial charge in [0, 0.05) is 5.54 Å². The number of esters is 1. The number of nitrogens with one attached hydrogen (secondary N) is 1. The predicted octanol–water partition coefficient (Wildman–Crippen LogP) is 3.36. The lowest BCUT2D eigenvalue weighted by atomic mass is 9.53. The molecule has 0 heterocycles. The molecule has 0 unspecified atom stereocenters. The van der Waals surface area contributed by atoms with Crippen LogP contribution < -0.4 is 5.32 Å². The maximum Gasteiger partial charge on any atom is 0.310 e. The minimum absolute atomic E-state index is 0.0138. The molecule has 0 radical (unpaired) electrons. The van der Waals surface area contributed by atoms with Crippen LogP contribution in [0.4, 0.5) is 0 Å². The number of carbonyl (C=O) groups is 2. The molecular weight excluding hydrogens is 302 g/mol. The zero-order valence-electron chi connectivity index (χ0n) is 14.6. The standard InChI is InChI=1S/C20H29NO3/c1-13(24-19(23)17-5-3-2-4-6-17)18(22)21-20-10-14-7-15(11-20)9-16(8-14)12-20/h2-3,13-17H,4-12H2,1H3,(H,21,22)/t13-,14?,15?,16?,17-,20?/m1/s1. The van der Waals surface area contributed by atoms with Crippen LogP contribution in [0.2, 0.25) is 0 Å². The van der Waals surface area contributed by atoms with E-state index in [2.05, 4.69) is 11.4 Å². The quantitative estimate of drug-likeness (QED) is 0.635. The van der Waals surface area contributed by atoms with Gasteiger partial charge in [-0.3, -0.25) is 9.59 Å². The van der Waals surface area contributed by atoms with Crippen LogP contribution in [0.5, 0.6) is 0 Å². The van der Waals surface area contributed by atoms with Crippen molar-refractivity contribution in [2.45, 2.75) is 76.4 Å². The van der Waals surface area contributed by atoms with Crippen molar-refractivity contribution in [3.05, 3.63) is 12.2 Å². The van der Waals surface area contributed by atoms with Gasteiger partial charge in [0.05, 0.1) is 5.92 Å². The van der Waals surface area contributed by atoms with E-state index in [1.165, 1.54) is 19.3 Å². The lowest BCUT2D eigenvalue weighted by Crippen LogP contribution is -2.61. The molecule has 4 bridgehead atoms. The van der Waals surface area contributed by atoms with Gasteiger partial charge < -0.3 is 10.1 Å². The van der Waals surface area contributed by atoms with Gasteiger partial charge in [-0.15, -0.1) is 0 Å². The van der Waals surface area contributed by atoms with E-state index in [1.54, 1.807) is 6.92 Å². The molecular formula is C20H29NO3. The van der Waals surface area contributed by atoms with Crippen LogP contribution in [0.3, 0.4) is 0 Å². The Morgan fingerprint density at radius 1 is 1.08 bits per heavy atom. The van der Waals surface area contributed by atoms with Gasteiger partial charge in [0.15, 0.2) is 6.10 Å². The maximum atomic E-state index is 12.6. The van der Waals surface area contributed by atoms with Gasteiger partial charge in [-0.05, 0) is 82.5 Å². The van der Waals surface area contributed by atoms with E-state index in [9.17, 15) is 9.59 Å². The number of ether oxygens (including phenoxy) is 1. The van der Waals surface area contributed by atoms with Crippen LogP contribution in [0.1, 0.15) is 64.7 Å². The number of amides is 1. The highest BCUT2D eigenvalue weighted by atomic mass is 16.5. The molecule has 4 heteroatoms. The number of carbonyl (C=O) groups excluding carboxylic acids is 2. The fraction of sp³-hybridized carbons (Fsp3) is 0.800. The zero-order valence-corrected chi connectivity index (χ0v) is 14.6. The van der Waals surface area contributed by atoms with E-state index in [0.29, 0.717) is 0 Å². The lowest BCUT2D eigenvalue weighted by molar-refractivity contribution is -0.160. The van der Waals surface area contributed by atoms with E-state index in [0.717, 1.165) is 56.3 Å². The normalized spacial score (nSPS) is 41.0. The van der Waals surface area contributed by atoms with Crippen molar-refractivity contribution >= 4 is 11.9 Å². The number of rotatable bonds is 4. The third kappa shape index (κ3) is 3.12. The fourth-order valence-electron chi connectivity index (χ4n) is 5.96. The fourth-order valence-corrected chi connectivity index (χ4v) is 5.96. The van der Waals surface area contributed by atoms with Crippen LogP contribution in [-0.4, -0.2) is 23.5 Å². The maximum absolute atomic E-state index is 12.6. The molecule has 1 amide bonds. The number of hydrogen-bond acceptors (Lipinski definition) is 3. The summed E-state index contributed by atoms with van der Waals surface area (Å²) in [5.41, 5.74) is -0.0138. The third-order valence-electron chi connectivity index (χ3n) is 6.69.